The van der Waals surface area contributed by atoms with Crippen molar-refractivity contribution in [3.63, 3.8) is 0 Å². The minimum Gasteiger partial charge on any atom is -0.450 e. The first-order chi connectivity index (χ1) is 11.4. The summed E-state index contributed by atoms with van der Waals surface area (Å²) in [5.41, 5.74) is 0. The van der Waals surface area contributed by atoms with Crippen molar-refractivity contribution in [3.8, 4) is 0 Å². The van der Waals surface area contributed by atoms with Gasteiger partial charge in [0.25, 0.3) is 5.91 Å². The molecule has 0 unspecified atom stereocenters. The van der Waals surface area contributed by atoms with E-state index in [4.69, 9.17) is 9.15 Å². The quantitative estimate of drug-likeness (QED) is 0.603. The van der Waals surface area contributed by atoms with Crippen molar-refractivity contribution in [1.29, 1.82) is 0 Å². The molecule has 0 spiro atoms. The van der Waals surface area contributed by atoms with Gasteiger partial charge in [0.15, 0.2) is 10.8 Å². The van der Waals surface area contributed by atoms with Gasteiger partial charge in [-0.05, 0) is 59.3 Å². The monoisotopic (exact) mass is 397 g/mol. The van der Waals surface area contributed by atoms with Crippen LogP contribution in [-0.2, 0) is 14.3 Å². The van der Waals surface area contributed by atoms with E-state index in [2.05, 4.69) is 35.1 Å². The smallest absolute Gasteiger partial charge is 0.331 e. The maximum atomic E-state index is 12.2. The molecule has 2 rings (SSSR count). The second kappa shape index (κ2) is 8.51. The lowest BCUT2D eigenvalue weighted by Gasteiger charge is -2.35. The lowest BCUT2D eigenvalue weighted by molar-refractivity contribution is -0.150. The Morgan fingerprint density at radius 1 is 1.38 bits per heavy atom. The van der Waals surface area contributed by atoms with Gasteiger partial charge in [0.05, 0.1) is 0 Å². The fraction of sp³-hybridized carbons (Fsp3) is 0.556. The zero-order chi connectivity index (χ0) is 17.7. The summed E-state index contributed by atoms with van der Waals surface area (Å²) in [7, 11) is 0. The maximum absolute atomic E-state index is 12.2. The number of esters is 1. The molecule has 1 aliphatic carbocycles. The van der Waals surface area contributed by atoms with Crippen molar-refractivity contribution in [3.05, 3.63) is 28.6 Å². The van der Waals surface area contributed by atoms with E-state index in [1.54, 1.807) is 19.1 Å². The summed E-state index contributed by atoms with van der Waals surface area (Å²) in [6.45, 7) is 5.96. The molecule has 1 heterocycles. The van der Waals surface area contributed by atoms with E-state index < -0.39 is 12.1 Å². The molecule has 1 aliphatic rings. The Kier molecular flexibility index (Phi) is 6.66. The number of hydrogen-bond donors (Lipinski definition) is 1. The summed E-state index contributed by atoms with van der Waals surface area (Å²) >= 11 is 3.18. The van der Waals surface area contributed by atoms with E-state index in [0.717, 1.165) is 12.8 Å². The molecule has 0 saturated heterocycles. The number of nitrogens with one attached hydrogen (secondary N) is 1. The maximum Gasteiger partial charge on any atom is 0.331 e. The van der Waals surface area contributed by atoms with E-state index in [9.17, 15) is 9.59 Å². The molecule has 1 amide bonds. The van der Waals surface area contributed by atoms with Crippen LogP contribution in [0.3, 0.4) is 0 Å². The number of halogens is 1. The number of carbonyl (C=O) groups is 2. The van der Waals surface area contributed by atoms with Crippen LogP contribution in [0.1, 0.15) is 45.8 Å². The second-order valence-corrected chi connectivity index (χ2v) is 7.22. The SMILES string of the molecule is C[C@@H]1[C@H](C)CCC[C@@H]1NC(=O)[C@@H](C)OC(=O)/C=C/c1ccc(Br)o1. The first kappa shape index (κ1) is 18.8. The highest BCUT2D eigenvalue weighted by atomic mass is 79.9. The molecule has 4 atom stereocenters. The van der Waals surface area contributed by atoms with Crippen molar-refractivity contribution >= 4 is 33.9 Å². The highest BCUT2D eigenvalue weighted by molar-refractivity contribution is 9.10. The molecule has 1 saturated carbocycles. The molecule has 132 valence electrons. The van der Waals surface area contributed by atoms with Crippen molar-refractivity contribution < 1.29 is 18.7 Å². The van der Waals surface area contributed by atoms with Gasteiger partial charge < -0.3 is 14.5 Å². The summed E-state index contributed by atoms with van der Waals surface area (Å²) in [6, 6.07) is 3.60. The van der Waals surface area contributed by atoms with Gasteiger partial charge in [0.1, 0.15) is 5.76 Å². The molecule has 6 heteroatoms. The van der Waals surface area contributed by atoms with E-state index in [-0.39, 0.29) is 11.9 Å². The van der Waals surface area contributed by atoms with Crippen LogP contribution in [0.5, 0.6) is 0 Å². The molecule has 1 aromatic rings. The molecule has 0 aromatic carbocycles. The van der Waals surface area contributed by atoms with Crippen LogP contribution >= 0.6 is 15.9 Å². The van der Waals surface area contributed by atoms with Crippen LogP contribution in [0.15, 0.2) is 27.3 Å². The summed E-state index contributed by atoms with van der Waals surface area (Å²) in [6.07, 6.45) is 5.22. The van der Waals surface area contributed by atoms with Gasteiger partial charge >= 0.3 is 5.97 Å². The molecule has 1 aromatic heterocycles. The predicted octanol–water partition coefficient (Wildman–Crippen LogP) is 3.93. The minimum absolute atomic E-state index is 0.151. The summed E-state index contributed by atoms with van der Waals surface area (Å²) in [5, 5.41) is 3.02. The molecular formula is C18H24BrNO4. The molecule has 0 bridgehead atoms. The lowest BCUT2D eigenvalue weighted by Crippen LogP contribution is -2.47. The predicted molar refractivity (Wildman–Crippen MR) is 95.1 cm³/mol. The van der Waals surface area contributed by atoms with Gasteiger partial charge in [0, 0.05) is 12.1 Å². The zero-order valence-corrected chi connectivity index (χ0v) is 15.8. The van der Waals surface area contributed by atoms with Crippen LogP contribution in [0.4, 0.5) is 0 Å². The van der Waals surface area contributed by atoms with Gasteiger partial charge in [-0.1, -0.05) is 26.7 Å². The van der Waals surface area contributed by atoms with Crippen molar-refractivity contribution in [2.75, 3.05) is 0 Å². The molecule has 24 heavy (non-hydrogen) atoms. The van der Waals surface area contributed by atoms with E-state index >= 15 is 0 Å². The van der Waals surface area contributed by atoms with Crippen LogP contribution in [-0.4, -0.2) is 24.0 Å². The fourth-order valence-corrected chi connectivity index (χ4v) is 3.24. The third-order valence-corrected chi connectivity index (χ3v) is 5.10. The molecule has 0 radical (unpaired) electrons. The van der Waals surface area contributed by atoms with E-state index in [1.807, 2.05) is 0 Å². The standard InChI is InChI=1S/C18H24BrNO4/c1-11-5-4-6-15(12(11)2)20-18(22)13(3)23-17(21)10-8-14-7-9-16(19)24-14/h7-13,15H,4-6H2,1-3H3,(H,20,22)/b10-8+/t11-,12-,13-,15+/m1/s1. The Hall–Kier alpha value is -1.56. The second-order valence-electron chi connectivity index (χ2n) is 6.44. The van der Waals surface area contributed by atoms with Gasteiger partial charge in [-0.25, -0.2) is 4.79 Å². The topological polar surface area (TPSA) is 68.5 Å². The average Bonchev–Trinajstić information content (AvgIpc) is 2.95. The first-order valence-corrected chi connectivity index (χ1v) is 9.10. The van der Waals surface area contributed by atoms with E-state index in [0.29, 0.717) is 22.3 Å². The number of hydrogen-bond acceptors (Lipinski definition) is 4. The van der Waals surface area contributed by atoms with Crippen molar-refractivity contribution in [2.24, 2.45) is 11.8 Å². The number of amides is 1. The Balaban J connectivity index is 1.82. The van der Waals surface area contributed by atoms with Gasteiger partial charge in [-0.15, -0.1) is 0 Å². The summed E-state index contributed by atoms with van der Waals surface area (Å²) in [5.74, 6) is 0.736. The lowest BCUT2D eigenvalue weighted by atomic mass is 9.78. The Morgan fingerprint density at radius 3 is 2.79 bits per heavy atom. The first-order valence-electron chi connectivity index (χ1n) is 8.31. The van der Waals surface area contributed by atoms with Gasteiger partial charge in [-0.2, -0.15) is 0 Å². The average molecular weight is 398 g/mol. The molecule has 0 aliphatic heterocycles. The van der Waals surface area contributed by atoms with E-state index in [1.165, 1.54) is 18.6 Å². The summed E-state index contributed by atoms with van der Waals surface area (Å²) < 4.78 is 11.0. The Labute approximate surface area is 150 Å². The summed E-state index contributed by atoms with van der Waals surface area (Å²) in [4.78, 5) is 24.0. The zero-order valence-electron chi connectivity index (χ0n) is 14.3. The largest absolute Gasteiger partial charge is 0.450 e. The molecular weight excluding hydrogens is 374 g/mol. The normalized spacial score (nSPS) is 25.4. The number of carbonyl (C=O) groups excluding carboxylic acids is 2. The highest BCUT2D eigenvalue weighted by Gasteiger charge is 2.29. The molecule has 1 N–H and O–H groups in total. The number of ether oxygens (including phenoxy) is 1. The Morgan fingerprint density at radius 2 is 2.12 bits per heavy atom. The third-order valence-electron chi connectivity index (χ3n) is 4.67. The third kappa shape index (κ3) is 5.23. The molecule has 5 nitrogen and oxygen atoms in total. The van der Waals surface area contributed by atoms with Crippen LogP contribution in [0, 0.1) is 11.8 Å². The van der Waals surface area contributed by atoms with Crippen LogP contribution < -0.4 is 5.32 Å². The van der Waals surface area contributed by atoms with Crippen LogP contribution in [0.2, 0.25) is 0 Å². The van der Waals surface area contributed by atoms with Crippen LogP contribution in [0.25, 0.3) is 6.08 Å². The highest BCUT2D eigenvalue weighted by Crippen LogP contribution is 2.29. The van der Waals surface area contributed by atoms with Gasteiger partial charge in [-0.3, -0.25) is 4.79 Å². The van der Waals surface area contributed by atoms with Crippen molar-refractivity contribution in [1.82, 2.24) is 5.32 Å². The minimum atomic E-state index is -0.824. The van der Waals surface area contributed by atoms with Gasteiger partial charge in [0.2, 0.25) is 0 Å². The number of furan rings is 1. The Bertz CT molecular complexity index is 610. The van der Waals surface area contributed by atoms with Crippen molar-refractivity contribution in [2.45, 2.75) is 52.2 Å². The fourth-order valence-electron chi connectivity index (χ4n) is 2.92. The molecule has 1 fully saturated rings. The number of rotatable bonds is 5.